The Kier molecular flexibility index (Phi) is 3.05. The molecular formula is C10H16N4O2S. The van der Waals surface area contributed by atoms with Crippen molar-refractivity contribution in [2.45, 2.75) is 26.9 Å². The minimum absolute atomic E-state index is 0.111. The number of fused-ring (bicyclic) bond motifs is 1. The number of hydrogen-bond donors (Lipinski definition) is 1. The Morgan fingerprint density at radius 3 is 2.82 bits per heavy atom. The highest BCUT2D eigenvalue weighted by molar-refractivity contribution is 7.89. The molecule has 0 fully saturated rings. The summed E-state index contributed by atoms with van der Waals surface area (Å²) in [5.74, 6) is 0.455. The number of hydrogen-bond acceptors (Lipinski definition) is 5. The van der Waals surface area contributed by atoms with E-state index in [1.165, 1.54) is 4.31 Å². The summed E-state index contributed by atoms with van der Waals surface area (Å²) in [5, 5.41) is 0. The van der Waals surface area contributed by atoms with Crippen LogP contribution in [0.4, 0.5) is 5.95 Å². The molecule has 0 bridgehead atoms. The molecule has 1 aliphatic heterocycles. The molecule has 7 heteroatoms. The van der Waals surface area contributed by atoms with Crippen molar-refractivity contribution in [1.82, 2.24) is 14.3 Å². The van der Waals surface area contributed by atoms with Crippen molar-refractivity contribution in [2.75, 3.05) is 11.5 Å². The summed E-state index contributed by atoms with van der Waals surface area (Å²) in [4.78, 5) is 7.93. The van der Waals surface area contributed by atoms with Gasteiger partial charge in [0.2, 0.25) is 16.0 Å². The zero-order valence-corrected chi connectivity index (χ0v) is 10.7. The first-order valence-corrected chi connectivity index (χ1v) is 7.07. The first-order chi connectivity index (χ1) is 7.88. The third-order valence-corrected chi connectivity index (χ3v) is 4.72. The van der Waals surface area contributed by atoms with Crippen LogP contribution in [0, 0.1) is 5.92 Å². The molecule has 17 heavy (non-hydrogen) atoms. The molecule has 0 aromatic carbocycles. The standard InChI is InChI=1S/C10H16N4O2S/c1-7(2)6-17(15,16)14-4-8-3-12-10(11)13-9(8)5-14/h3,7H,4-6H2,1-2H3,(H2,11,12,13). The van der Waals surface area contributed by atoms with Crippen molar-refractivity contribution in [1.29, 1.82) is 0 Å². The van der Waals surface area contributed by atoms with Crippen molar-refractivity contribution in [3.63, 3.8) is 0 Å². The van der Waals surface area contributed by atoms with Crippen molar-refractivity contribution in [2.24, 2.45) is 5.92 Å². The molecule has 6 nitrogen and oxygen atoms in total. The SMILES string of the molecule is CC(C)CS(=O)(=O)N1Cc2cnc(N)nc2C1. The Hall–Kier alpha value is -1.21. The lowest BCUT2D eigenvalue weighted by atomic mass is 10.3. The fourth-order valence-electron chi connectivity index (χ4n) is 1.86. The summed E-state index contributed by atoms with van der Waals surface area (Å²) < 4.78 is 25.5. The van der Waals surface area contributed by atoms with Crippen LogP contribution in [0.5, 0.6) is 0 Å². The number of anilines is 1. The average Bonchev–Trinajstić information content (AvgIpc) is 2.58. The van der Waals surface area contributed by atoms with Crippen LogP contribution in [0.3, 0.4) is 0 Å². The molecule has 0 saturated carbocycles. The van der Waals surface area contributed by atoms with Crippen molar-refractivity contribution < 1.29 is 8.42 Å². The number of rotatable bonds is 3. The van der Waals surface area contributed by atoms with Gasteiger partial charge in [-0.05, 0) is 5.92 Å². The maximum absolute atomic E-state index is 12.0. The Morgan fingerprint density at radius 1 is 1.47 bits per heavy atom. The molecule has 0 radical (unpaired) electrons. The molecule has 1 aliphatic rings. The maximum atomic E-state index is 12.0. The first-order valence-electron chi connectivity index (χ1n) is 5.46. The second kappa shape index (κ2) is 4.23. The van der Waals surface area contributed by atoms with Gasteiger partial charge >= 0.3 is 0 Å². The van der Waals surface area contributed by atoms with Crippen LogP contribution in [0.15, 0.2) is 6.20 Å². The predicted molar refractivity (Wildman–Crippen MR) is 64.3 cm³/mol. The maximum Gasteiger partial charge on any atom is 0.220 e. The zero-order chi connectivity index (χ0) is 12.6. The van der Waals surface area contributed by atoms with Gasteiger partial charge in [0.1, 0.15) is 0 Å². The van der Waals surface area contributed by atoms with Gasteiger partial charge in [0, 0.05) is 18.3 Å². The van der Waals surface area contributed by atoms with E-state index in [0.29, 0.717) is 18.8 Å². The minimum Gasteiger partial charge on any atom is -0.368 e. The second-order valence-corrected chi connectivity index (χ2v) is 6.65. The fraction of sp³-hybridized carbons (Fsp3) is 0.600. The number of nitrogens with two attached hydrogens (primary N) is 1. The van der Waals surface area contributed by atoms with Crippen molar-refractivity contribution in [3.05, 3.63) is 17.5 Å². The van der Waals surface area contributed by atoms with Gasteiger partial charge in [-0.1, -0.05) is 13.8 Å². The van der Waals surface area contributed by atoms with E-state index in [2.05, 4.69) is 9.97 Å². The van der Waals surface area contributed by atoms with Crippen LogP contribution >= 0.6 is 0 Å². The monoisotopic (exact) mass is 256 g/mol. The van der Waals surface area contributed by atoms with Gasteiger partial charge < -0.3 is 5.73 Å². The van der Waals surface area contributed by atoms with Crippen LogP contribution in [0.2, 0.25) is 0 Å². The molecular weight excluding hydrogens is 240 g/mol. The molecule has 2 rings (SSSR count). The summed E-state index contributed by atoms with van der Waals surface area (Å²) in [5.41, 5.74) is 7.03. The summed E-state index contributed by atoms with van der Waals surface area (Å²) >= 11 is 0. The Labute approximate surface area is 101 Å². The van der Waals surface area contributed by atoms with Gasteiger partial charge in [0.15, 0.2) is 0 Å². The molecule has 94 valence electrons. The normalized spacial score (nSPS) is 16.4. The van der Waals surface area contributed by atoms with E-state index in [4.69, 9.17) is 5.73 Å². The molecule has 1 aromatic heterocycles. The molecule has 2 N–H and O–H groups in total. The predicted octanol–water partition coefficient (Wildman–Crippen LogP) is 0.360. The quantitative estimate of drug-likeness (QED) is 0.843. The van der Waals surface area contributed by atoms with Crippen LogP contribution in [0.1, 0.15) is 25.1 Å². The lowest BCUT2D eigenvalue weighted by molar-refractivity contribution is 0.424. The molecule has 0 spiro atoms. The molecule has 0 atom stereocenters. The van der Waals surface area contributed by atoms with Crippen molar-refractivity contribution >= 4 is 16.0 Å². The number of aromatic nitrogens is 2. The molecule has 0 saturated heterocycles. The smallest absolute Gasteiger partial charge is 0.220 e. The van der Waals surface area contributed by atoms with Gasteiger partial charge in [-0.25, -0.2) is 18.4 Å². The minimum atomic E-state index is -3.22. The topological polar surface area (TPSA) is 89.2 Å². The summed E-state index contributed by atoms with van der Waals surface area (Å²) in [7, 11) is -3.22. The first kappa shape index (κ1) is 12.3. The fourth-order valence-corrected chi connectivity index (χ4v) is 3.57. The van der Waals surface area contributed by atoms with Crippen LogP contribution in [-0.4, -0.2) is 28.4 Å². The van der Waals surface area contributed by atoms with Gasteiger partial charge in [-0.2, -0.15) is 4.31 Å². The average molecular weight is 256 g/mol. The Balaban J connectivity index is 2.20. The van der Waals surface area contributed by atoms with Crippen LogP contribution in [-0.2, 0) is 23.1 Å². The summed E-state index contributed by atoms with van der Waals surface area (Å²) in [6.07, 6.45) is 1.60. The van der Waals surface area contributed by atoms with Crippen LogP contribution in [0.25, 0.3) is 0 Å². The lowest BCUT2D eigenvalue weighted by Gasteiger charge is -2.16. The highest BCUT2D eigenvalue weighted by Gasteiger charge is 2.30. The van der Waals surface area contributed by atoms with Gasteiger partial charge in [-0.3, -0.25) is 0 Å². The zero-order valence-electron chi connectivity index (χ0n) is 9.92. The number of nitrogens with zero attached hydrogens (tertiary/aromatic N) is 3. The highest BCUT2D eigenvalue weighted by Crippen LogP contribution is 2.24. The van der Waals surface area contributed by atoms with Crippen LogP contribution < -0.4 is 5.73 Å². The van der Waals surface area contributed by atoms with E-state index in [9.17, 15) is 8.42 Å². The molecule has 0 unspecified atom stereocenters. The Bertz CT molecular complexity index is 527. The van der Waals surface area contributed by atoms with E-state index in [1.54, 1.807) is 6.20 Å². The highest BCUT2D eigenvalue weighted by atomic mass is 32.2. The van der Waals surface area contributed by atoms with E-state index < -0.39 is 10.0 Å². The van der Waals surface area contributed by atoms with E-state index in [0.717, 1.165) is 5.56 Å². The van der Waals surface area contributed by atoms with Gasteiger partial charge in [0.25, 0.3) is 0 Å². The molecule has 1 aromatic rings. The van der Waals surface area contributed by atoms with Gasteiger partial charge in [0.05, 0.1) is 18.0 Å². The van der Waals surface area contributed by atoms with E-state index in [1.807, 2.05) is 13.8 Å². The number of sulfonamides is 1. The molecule has 0 amide bonds. The lowest BCUT2D eigenvalue weighted by Crippen LogP contribution is -2.30. The second-order valence-electron chi connectivity index (χ2n) is 4.64. The third kappa shape index (κ3) is 2.55. The Morgan fingerprint density at radius 2 is 2.18 bits per heavy atom. The largest absolute Gasteiger partial charge is 0.368 e. The summed E-state index contributed by atoms with van der Waals surface area (Å²) in [6.45, 7) is 4.43. The third-order valence-electron chi connectivity index (χ3n) is 2.58. The van der Waals surface area contributed by atoms with Crippen molar-refractivity contribution in [3.8, 4) is 0 Å². The van der Waals surface area contributed by atoms with E-state index in [-0.39, 0.29) is 17.6 Å². The van der Waals surface area contributed by atoms with Gasteiger partial charge in [-0.15, -0.1) is 0 Å². The van der Waals surface area contributed by atoms with E-state index >= 15 is 0 Å². The molecule has 0 aliphatic carbocycles. The number of nitrogen functional groups attached to an aromatic ring is 1. The molecule has 2 heterocycles. The summed E-state index contributed by atoms with van der Waals surface area (Å²) in [6, 6.07) is 0.